The largest absolute Gasteiger partial charge is 0.335 e. The zero-order valence-electron chi connectivity index (χ0n) is 11.3. The molecule has 2 rings (SSSR count). The topological polar surface area (TPSA) is 87.1 Å². The number of hydrogen-bond donors (Lipinski definition) is 0. The summed E-state index contributed by atoms with van der Waals surface area (Å²) in [5.41, 5.74) is -0.00281. The quantitative estimate of drug-likeness (QED) is 0.613. The second kappa shape index (κ2) is 4.76. The number of rotatable bonds is 2. The molecule has 0 fully saturated rings. The Morgan fingerprint density at radius 1 is 1.30 bits per heavy atom. The summed E-state index contributed by atoms with van der Waals surface area (Å²) in [4.78, 5) is 34.4. The first-order valence-corrected chi connectivity index (χ1v) is 5.87. The minimum Gasteiger partial charge on any atom is -0.269 e. The van der Waals surface area contributed by atoms with Gasteiger partial charge in [-0.05, 0) is 19.9 Å². The van der Waals surface area contributed by atoms with Crippen LogP contribution < -0.4 is 11.2 Å². The highest BCUT2D eigenvalue weighted by molar-refractivity contribution is 5.82. The van der Waals surface area contributed by atoms with Crippen molar-refractivity contribution in [1.82, 2.24) is 9.13 Å². The van der Waals surface area contributed by atoms with Gasteiger partial charge in [-0.3, -0.25) is 24.0 Å². The zero-order chi connectivity index (χ0) is 15.0. The van der Waals surface area contributed by atoms with E-state index in [0.29, 0.717) is 5.52 Å². The molecule has 1 aromatic heterocycles. The molecule has 0 aliphatic rings. The minimum absolute atomic E-state index is 0.138. The van der Waals surface area contributed by atoms with Gasteiger partial charge in [-0.2, -0.15) is 0 Å². The Morgan fingerprint density at radius 3 is 2.50 bits per heavy atom. The summed E-state index contributed by atoms with van der Waals surface area (Å²) >= 11 is 0. The fourth-order valence-electron chi connectivity index (χ4n) is 1.93. The Balaban J connectivity index is 3.02. The lowest BCUT2D eigenvalue weighted by Gasteiger charge is -2.08. The number of aromatic nitrogens is 2. The lowest BCUT2D eigenvalue weighted by molar-refractivity contribution is -0.384. The molecule has 0 radical (unpaired) electrons. The van der Waals surface area contributed by atoms with Gasteiger partial charge < -0.3 is 0 Å². The van der Waals surface area contributed by atoms with Gasteiger partial charge in [-0.25, -0.2) is 4.79 Å². The third-order valence-corrected chi connectivity index (χ3v) is 2.87. The molecule has 0 aliphatic carbocycles. The van der Waals surface area contributed by atoms with E-state index in [4.69, 9.17) is 0 Å². The van der Waals surface area contributed by atoms with Crippen LogP contribution in [0.2, 0.25) is 0 Å². The molecule has 1 aromatic carbocycles. The fourth-order valence-corrected chi connectivity index (χ4v) is 1.93. The van der Waals surface area contributed by atoms with E-state index in [9.17, 15) is 19.7 Å². The lowest BCUT2D eigenvalue weighted by atomic mass is 10.2. The maximum absolute atomic E-state index is 12.1. The molecule has 0 saturated heterocycles. The molecule has 0 N–H and O–H groups in total. The second-order valence-electron chi connectivity index (χ2n) is 4.68. The van der Waals surface area contributed by atoms with Crippen LogP contribution in [-0.4, -0.2) is 14.1 Å². The Morgan fingerprint density at radius 2 is 1.95 bits per heavy atom. The number of allylic oxidation sites excluding steroid dienone is 1. The number of nitro groups is 1. The third kappa shape index (κ3) is 2.13. The average molecular weight is 275 g/mol. The first-order valence-electron chi connectivity index (χ1n) is 5.87. The Hall–Kier alpha value is -2.70. The zero-order valence-corrected chi connectivity index (χ0v) is 11.3. The van der Waals surface area contributed by atoms with E-state index in [1.807, 2.05) is 13.8 Å². The average Bonchev–Trinajstić information content (AvgIpc) is 2.40. The van der Waals surface area contributed by atoms with Crippen molar-refractivity contribution in [3.8, 4) is 0 Å². The molecular weight excluding hydrogens is 262 g/mol. The Kier molecular flexibility index (Phi) is 3.27. The molecule has 104 valence electrons. The SMILES string of the molecule is CC(C)=Cn1c(=O)n(C)c(=O)c2cc([N+](=O)[O-])ccc21. The Labute approximate surface area is 113 Å². The van der Waals surface area contributed by atoms with Crippen molar-refractivity contribution in [2.24, 2.45) is 7.05 Å². The maximum atomic E-state index is 12.1. The maximum Gasteiger partial charge on any atom is 0.335 e. The van der Waals surface area contributed by atoms with Gasteiger partial charge in [-0.15, -0.1) is 0 Å². The number of non-ortho nitro benzene ring substituents is 1. The first kappa shape index (κ1) is 13.7. The molecule has 7 heteroatoms. The van der Waals surface area contributed by atoms with Crippen LogP contribution in [0.25, 0.3) is 17.1 Å². The van der Waals surface area contributed by atoms with Gasteiger partial charge in [0, 0.05) is 25.4 Å². The van der Waals surface area contributed by atoms with E-state index in [2.05, 4.69) is 0 Å². The Bertz CT molecular complexity index is 854. The van der Waals surface area contributed by atoms with Gasteiger partial charge in [0.1, 0.15) is 0 Å². The fraction of sp³-hybridized carbons (Fsp3) is 0.231. The van der Waals surface area contributed by atoms with E-state index in [1.54, 1.807) is 6.20 Å². The van der Waals surface area contributed by atoms with Crippen LogP contribution in [0, 0.1) is 10.1 Å². The summed E-state index contributed by atoms with van der Waals surface area (Å²) in [6.07, 6.45) is 1.59. The summed E-state index contributed by atoms with van der Waals surface area (Å²) in [5, 5.41) is 10.9. The number of benzene rings is 1. The van der Waals surface area contributed by atoms with Gasteiger partial charge in [0.15, 0.2) is 0 Å². The van der Waals surface area contributed by atoms with E-state index < -0.39 is 16.2 Å². The van der Waals surface area contributed by atoms with Gasteiger partial charge in [0.05, 0.1) is 15.8 Å². The molecule has 0 aliphatic heterocycles. The van der Waals surface area contributed by atoms with Crippen molar-refractivity contribution in [3.05, 3.63) is 54.7 Å². The van der Waals surface area contributed by atoms with E-state index in [-0.39, 0.29) is 11.1 Å². The predicted octanol–water partition coefficient (Wildman–Crippen LogP) is 1.49. The lowest BCUT2D eigenvalue weighted by Crippen LogP contribution is -2.36. The van der Waals surface area contributed by atoms with Crippen LogP contribution in [-0.2, 0) is 7.05 Å². The molecule has 0 saturated carbocycles. The van der Waals surface area contributed by atoms with Crippen molar-refractivity contribution in [2.45, 2.75) is 13.8 Å². The van der Waals surface area contributed by atoms with Crippen molar-refractivity contribution < 1.29 is 4.92 Å². The minimum atomic E-state index is -0.574. The highest BCUT2D eigenvalue weighted by atomic mass is 16.6. The molecule has 0 spiro atoms. The highest BCUT2D eigenvalue weighted by Crippen LogP contribution is 2.17. The molecule has 7 nitrogen and oxygen atoms in total. The summed E-state index contributed by atoms with van der Waals surface area (Å²) in [6, 6.07) is 3.87. The van der Waals surface area contributed by atoms with Crippen LogP contribution in [0.1, 0.15) is 13.8 Å². The van der Waals surface area contributed by atoms with Gasteiger partial charge in [0.25, 0.3) is 11.2 Å². The second-order valence-corrected chi connectivity index (χ2v) is 4.68. The molecular formula is C13H13N3O4. The van der Waals surface area contributed by atoms with Gasteiger partial charge in [0.2, 0.25) is 0 Å². The van der Waals surface area contributed by atoms with Crippen molar-refractivity contribution in [2.75, 3.05) is 0 Å². The number of fused-ring (bicyclic) bond motifs is 1. The molecule has 0 amide bonds. The monoisotopic (exact) mass is 275 g/mol. The summed E-state index contributed by atoms with van der Waals surface area (Å²) in [7, 11) is 1.35. The highest BCUT2D eigenvalue weighted by Gasteiger charge is 2.13. The molecule has 0 unspecified atom stereocenters. The van der Waals surface area contributed by atoms with Crippen LogP contribution in [0.15, 0.2) is 33.4 Å². The molecule has 20 heavy (non-hydrogen) atoms. The third-order valence-electron chi connectivity index (χ3n) is 2.87. The first-order chi connectivity index (χ1) is 9.32. The molecule has 1 heterocycles. The summed E-state index contributed by atoms with van der Waals surface area (Å²) in [6.45, 7) is 3.63. The van der Waals surface area contributed by atoms with Gasteiger partial charge >= 0.3 is 5.69 Å². The van der Waals surface area contributed by atoms with Crippen LogP contribution >= 0.6 is 0 Å². The van der Waals surface area contributed by atoms with E-state index in [1.165, 1.54) is 29.8 Å². The summed E-state index contributed by atoms with van der Waals surface area (Å²) < 4.78 is 2.25. The molecule has 2 aromatic rings. The normalized spacial score (nSPS) is 10.6. The number of hydrogen-bond acceptors (Lipinski definition) is 4. The van der Waals surface area contributed by atoms with E-state index in [0.717, 1.165) is 10.1 Å². The summed E-state index contributed by atoms with van der Waals surface area (Å²) in [5.74, 6) is 0. The van der Waals surface area contributed by atoms with Crippen LogP contribution in [0.4, 0.5) is 5.69 Å². The number of nitrogens with zero attached hydrogens (tertiary/aromatic N) is 3. The van der Waals surface area contributed by atoms with Crippen molar-refractivity contribution in [1.29, 1.82) is 0 Å². The predicted molar refractivity (Wildman–Crippen MR) is 75.7 cm³/mol. The van der Waals surface area contributed by atoms with Crippen molar-refractivity contribution in [3.63, 3.8) is 0 Å². The smallest absolute Gasteiger partial charge is 0.269 e. The van der Waals surface area contributed by atoms with Gasteiger partial charge in [-0.1, -0.05) is 5.57 Å². The standard InChI is InChI=1S/C13H13N3O4/c1-8(2)7-15-11-5-4-9(16(19)20)6-10(11)12(17)14(3)13(15)18/h4-7H,1-3H3. The van der Waals surface area contributed by atoms with Crippen molar-refractivity contribution >= 4 is 22.8 Å². The number of nitro benzene ring substituents is 1. The van der Waals surface area contributed by atoms with Crippen LogP contribution in [0.3, 0.4) is 0 Å². The molecule has 0 bridgehead atoms. The van der Waals surface area contributed by atoms with E-state index >= 15 is 0 Å². The molecule has 0 atom stereocenters. The van der Waals surface area contributed by atoms with Crippen LogP contribution in [0.5, 0.6) is 0 Å².